The first kappa shape index (κ1) is 6.84. The molecule has 0 aromatic heterocycles. The molecule has 0 aliphatic carbocycles. The number of hydrogen-bond acceptors (Lipinski definition) is 3. The topological polar surface area (TPSA) is 55.6 Å². The smallest absolute Gasteiger partial charge is 0.256 e. The Morgan fingerprint density at radius 3 is 2.29 bits per heavy atom. The molecular formula is C3H10NO3+. The van der Waals surface area contributed by atoms with E-state index in [1.807, 2.05) is 0 Å². The second kappa shape index (κ2) is 2.92. The molecule has 0 heterocycles. The normalized spacial score (nSPS) is 15.0. The van der Waals surface area contributed by atoms with E-state index in [1.54, 1.807) is 0 Å². The second-order valence-corrected chi connectivity index (χ2v) is 1.16. The van der Waals surface area contributed by atoms with Gasteiger partial charge in [-0.3, -0.25) is 10.0 Å². The third-order valence-electron chi connectivity index (χ3n) is 0.518. The van der Waals surface area contributed by atoms with E-state index >= 15 is 0 Å². The van der Waals surface area contributed by atoms with E-state index < -0.39 is 6.23 Å². The average Bonchev–Trinajstić information content (AvgIpc) is 1.65. The summed E-state index contributed by atoms with van der Waals surface area (Å²) in [7, 11) is 1.30. The Morgan fingerprint density at radius 1 is 1.86 bits per heavy atom. The number of rotatable bonds is 2. The highest BCUT2D eigenvalue weighted by Gasteiger charge is 2.07. The summed E-state index contributed by atoms with van der Waals surface area (Å²) in [6, 6.07) is 0. The van der Waals surface area contributed by atoms with Crippen LogP contribution in [0.5, 0.6) is 0 Å². The van der Waals surface area contributed by atoms with Crippen LogP contribution in [0.2, 0.25) is 0 Å². The minimum atomic E-state index is -0.718. The van der Waals surface area contributed by atoms with E-state index in [0.717, 1.165) is 0 Å². The van der Waals surface area contributed by atoms with E-state index in [1.165, 1.54) is 14.0 Å². The fraction of sp³-hybridized carbons (Fsp3) is 1.00. The molecule has 0 rings (SSSR count). The predicted molar refractivity (Wildman–Crippen MR) is 23.7 cm³/mol. The molecule has 0 saturated heterocycles. The summed E-state index contributed by atoms with van der Waals surface area (Å²) < 4.78 is 0. The molecule has 0 saturated carbocycles. The summed E-state index contributed by atoms with van der Waals surface area (Å²) in [5, 5.41) is 15.6. The molecule has 7 heavy (non-hydrogen) atoms. The van der Waals surface area contributed by atoms with Gasteiger partial charge in [0.15, 0.2) is 0 Å². The average molecular weight is 108 g/mol. The van der Waals surface area contributed by atoms with Crippen molar-refractivity contribution in [2.24, 2.45) is 0 Å². The Labute approximate surface area is 41.8 Å². The largest absolute Gasteiger partial charge is 0.428 e. The monoisotopic (exact) mass is 108 g/mol. The van der Waals surface area contributed by atoms with E-state index in [0.29, 0.717) is 5.23 Å². The molecule has 0 radical (unpaired) electrons. The van der Waals surface area contributed by atoms with Gasteiger partial charge in [-0.15, -0.1) is 0 Å². The standard InChI is InChI=1S/C3H9NO3/c1-3(5)4(6)7-2/h3,5-6H,1-2H3/p+1. The zero-order chi connectivity index (χ0) is 5.86. The number of hydrogen-bond donors (Lipinski definition) is 1. The molecule has 3 N–H and O–H groups in total. The van der Waals surface area contributed by atoms with Gasteiger partial charge in [0.25, 0.3) is 6.23 Å². The fourth-order valence-electron chi connectivity index (χ4n) is 0.158. The molecule has 0 bridgehead atoms. The highest BCUT2D eigenvalue weighted by molar-refractivity contribution is 4.21. The van der Waals surface area contributed by atoms with Crippen LogP contribution in [0.25, 0.3) is 0 Å². The van der Waals surface area contributed by atoms with Gasteiger partial charge in [-0.05, 0) is 0 Å². The minimum Gasteiger partial charge on any atom is -0.428 e. The second-order valence-electron chi connectivity index (χ2n) is 1.16. The molecule has 4 nitrogen and oxygen atoms in total. The number of hydroxylamine groups is 2. The molecule has 44 valence electrons. The Hall–Kier alpha value is -0.160. The van der Waals surface area contributed by atoms with E-state index in [9.17, 15) is 0 Å². The van der Waals surface area contributed by atoms with E-state index in [-0.39, 0.29) is 0 Å². The van der Waals surface area contributed by atoms with Gasteiger partial charge in [0.1, 0.15) is 0 Å². The number of nitrogens with zero attached hydrogens (tertiary/aromatic N) is 1. The van der Waals surface area contributed by atoms with Crippen molar-refractivity contribution < 1.29 is 15.2 Å². The van der Waals surface area contributed by atoms with Crippen molar-refractivity contribution in [3.05, 3.63) is 0 Å². The summed E-state index contributed by atoms with van der Waals surface area (Å²) in [4.78, 5) is 4.21. The van der Waals surface area contributed by atoms with Gasteiger partial charge in [0, 0.05) is 12.2 Å². The third kappa shape index (κ3) is 2.52. The van der Waals surface area contributed by atoms with Gasteiger partial charge in [0.2, 0.25) is 0 Å². The van der Waals surface area contributed by atoms with Crippen LogP contribution < -0.4 is 0 Å². The third-order valence-corrected chi connectivity index (χ3v) is 0.518. The lowest BCUT2D eigenvalue weighted by molar-refractivity contribution is -0.380. The predicted octanol–water partition coefficient (Wildman–Crippen LogP) is -0.690. The maximum Gasteiger partial charge on any atom is 0.256 e. The van der Waals surface area contributed by atoms with Gasteiger partial charge < -0.3 is 5.11 Å². The quantitative estimate of drug-likeness (QED) is 0.289. The Kier molecular flexibility index (Phi) is 2.86. The van der Waals surface area contributed by atoms with Crippen molar-refractivity contribution in [1.82, 2.24) is 5.23 Å². The zero-order valence-corrected chi connectivity index (χ0v) is 4.38. The molecule has 1 unspecified atom stereocenters. The van der Waals surface area contributed by atoms with Crippen molar-refractivity contribution in [3.8, 4) is 0 Å². The first-order chi connectivity index (χ1) is 3.18. The van der Waals surface area contributed by atoms with Crippen LogP contribution in [0.3, 0.4) is 0 Å². The lowest BCUT2D eigenvalue weighted by Crippen LogP contribution is -2.27. The van der Waals surface area contributed by atoms with Gasteiger partial charge in [0.05, 0.1) is 7.11 Å². The van der Waals surface area contributed by atoms with Crippen molar-refractivity contribution in [2.75, 3.05) is 7.11 Å². The van der Waals surface area contributed by atoms with Crippen molar-refractivity contribution >= 4 is 0 Å². The van der Waals surface area contributed by atoms with Crippen LogP contribution in [-0.4, -0.2) is 28.9 Å². The molecule has 0 spiro atoms. The van der Waals surface area contributed by atoms with Crippen molar-refractivity contribution in [3.63, 3.8) is 0 Å². The molecule has 4 heteroatoms. The van der Waals surface area contributed by atoms with Crippen molar-refractivity contribution in [2.45, 2.75) is 13.2 Å². The van der Waals surface area contributed by atoms with Crippen LogP contribution in [0.15, 0.2) is 0 Å². The molecule has 0 aliphatic rings. The first-order valence-corrected chi connectivity index (χ1v) is 1.92. The molecule has 0 amide bonds. The Morgan fingerprint density at radius 2 is 2.29 bits per heavy atom. The van der Waals surface area contributed by atoms with Crippen LogP contribution in [-0.2, 0) is 4.84 Å². The summed E-state index contributed by atoms with van der Waals surface area (Å²) in [6.07, 6.45) is -0.718. The summed E-state index contributed by atoms with van der Waals surface area (Å²) in [6.45, 7) is 1.49. The van der Waals surface area contributed by atoms with E-state index in [4.69, 9.17) is 10.3 Å². The SMILES string of the molecule is CON(O)C(C)[OH2+]. The first-order valence-electron chi connectivity index (χ1n) is 1.92. The minimum absolute atomic E-state index is 0.458. The lowest BCUT2D eigenvalue weighted by Gasteiger charge is -2.08. The highest BCUT2D eigenvalue weighted by Crippen LogP contribution is 1.85. The molecule has 0 aromatic rings. The van der Waals surface area contributed by atoms with Crippen LogP contribution in [0.1, 0.15) is 6.92 Å². The van der Waals surface area contributed by atoms with Crippen LogP contribution in [0, 0.1) is 0 Å². The molecule has 1 atom stereocenters. The van der Waals surface area contributed by atoms with Gasteiger partial charge in [-0.2, -0.15) is 0 Å². The van der Waals surface area contributed by atoms with Gasteiger partial charge in [-0.1, -0.05) is 0 Å². The summed E-state index contributed by atoms with van der Waals surface area (Å²) >= 11 is 0. The molecule has 0 aliphatic heterocycles. The zero-order valence-electron chi connectivity index (χ0n) is 4.38. The summed E-state index contributed by atoms with van der Waals surface area (Å²) in [5.74, 6) is 0. The molecule has 0 aromatic carbocycles. The van der Waals surface area contributed by atoms with Gasteiger partial charge in [-0.25, -0.2) is 0 Å². The maximum absolute atomic E-state index is 8.36. The lowest BCUT2D eigenvalue weighted by atomic mass is 10.7. The Bertz CT molecular complexity index is 47.4. The molecule has 0 fully saturated rings. The van der Waals surface area contributed by atoms with Crippen LogP contribution in [0.4, 0.5) is 0 Å². The molecular weight excluding hydrogens is 98.0 g/mol. The van der Waals surface area contributed by atoms with Crippen molar-refractivity contribution in [1.29, 1.82) is 0 Å². The highest BCUT2D eigenvalue weighted by atomic mass is 16.9. The van der Waals surface area contributed by atoms with Gasteiger partial charge >= 0.3 is 0 Å². The van der Waals surface area contributed by atoms with E-state index in [2.05, 4.69) is 4.84 Å². The fourth-order valence-corrected chi connectivity index (χ4v) is 0.158. The summed E-state index contributed by atoms with van der Waals surface area (Å²) in [5.41, 5.74) is 0. The maximum atomic E-state index is 8.36. The van der Waals surface area contributed by atoms with Crippen LogP contribution >= 0.6 is 0 Å². The Balaban J connectivity index is 3.14.